The Balaban J connectivity index is 0.000000768. The molecule has 44 heavy (non-hydrogen) atoms. The number of carbonyl (C=O) groups is 1. The number of pyridine rings is 2. The van der Waals surface area contributed by atoms with Crippen LogP contribution >= 0.6 is 23.2 Å². The van der Waals surface area contributed by atoms with E-state index >= 15 is 4.39 Å². The highest BCUT2D eigenvalue weighted by atomic mass is 35.5. The predicted molar refractivity (Wildman–Crippen MR) is 176 cm³/mol. The van der Waals surface area contributed by atoms with Gasteiger partial charge in [0.25, 0.3) is 0 Å². The molecule has 2 heterocycles. The van der Waals surface area contributed by atoms with E-state index in [1.165, 1.54) is 18.0 Å². The quantitative estimate of drug-likeness (QED) is 0.0519. The van der Waals surface area contributed by atoms with Crippen LogP contribution in [0, 0.1) is 36.3 Å². The molecule has 236 valence electrons. The number of primary amides is 1. The highest BCUT2D eigenvalue weighted by Gasteiger charge is 2.34. The van der Waals surface area contributed by atoms with Crippen molar-refractivity contribution in [3.63, 3.8) is 0 Å². The molecule has 0 saturated heterocycles. The predicted octanol–water partition coefficient (Wildman–Crippen LogP) is 8.68. The summed E-state index contributed by atoms with van der Waals surface area (Å²) in [5, 5.41) is 2.67. The minimum atomic E-state index is -1.02. The largest absolute Gasteiger partial charge is 0.372 e. The van der Waals surface area contributed by atoms with E-state index in [-0.39, 0.29) is 28.8 Å². The summed E-state index contributed by atoms with van der Waals surface area (Å²) in [5.41, 5.74) is 11.2. The first-order valence-electron chi connectivity index (χ1n) is 14.2. The average molecular weight is 647 g/mol. The van der Waals surface area contributed by atoms with Crippen LogP contribution in [0.25, 0.3) is 22.2 Å². The van der Waals surface area contributed by atoms with Gasteiger partial charge >= 0.3 is 0 Å². The van der Waals surface area contributed by atoms with Gasteiger partial charge in [-0.15, -0.1) is 16.5 Å². The molecule has 1 saturated carbocycles. The van der Waals surface area contributed by atoms with Crippen LogP contribution < -0.4 is 11.6 Å². The van der Waals surface area contributed by atoms with E-state index < -0.39 is 11.6 Å². The van der Waals surface area contributed by atoms with Crippen LogP contribution in [0.3, 0.4) is 0 Å². The van der Waals surface area contributed by atoms with Gasteiger partial charge < -0.3 is 5.73 Å². The van der Waals surface area contributed by atoms with Crippen molar-refractivity contribution >= 4 is 40.5 Å². The second kappa shape index (κ2) is 17.6. The number of aromatic nitrogens is 2. The maximum atomic E-state index is 15.1. The molecule has 1 aliphatic rings. The molecule has 0 bridgehead atoms. The highest BCUT2D eigenvalue weighted by molar-refractivity contribution is 6.30. The summed E-state index contributed by atoms with van der Waals surface area (Å²) in [6.07, 6.45) is 7.73. The standard InChI is InChI=1S/C31H31ClF2N2.CH3Cl.CH3NO.H2N2O/c1-5-18(3)24-15-28(36-31(19(24)4)23-9-10-26(32)30(34)29(23)33)25(21-7-8-21)14-20-6-11-27-22(13-20)12-17(2)16-35-27;1-2;2-1-3;1-2-3/h6,9-13,15-16,18,21,25H,5,7-8,14H2,1-4H3;1H3;1H,(H2,2,3);(H2,1,3). The van der Waals surface area contributed by atoms with E-state index in [9.17, 15) is 4.39 Å². The summed E-state index contributed by atoms with van der Waals surface area (Å²) in [6, 6.07) is 13.8. The van der Waals surface area contributed by atoms with Crippen molar-refractivity contribution in [3.05, 3.63) is 98.2 Å². The Morgan fingerprint density at radius 1 is 1.09 bits per heavy atom. The number of rotatable bonds is 7. The minimum absolute atomic E-state index is 0.169. The fourth-order valence-corrected chi connectivity index (χ4v) is 5.37. The lowest BCUT2D eigenvalue weighted by molar-refractivity contribution is -0.106. The van der Waals surface area contributed by atoms with Crippen LogP contribution in [-0.2, 0) is 11.2 Å². The molecule has 1 aliphatic carbocycles. The van der Waals surface area contributed by atoms with Crippen LogP contribution in [0.15, 0.2) is 53.9 Å². The van der Waals surface area contributed by atoms with Gasteiger partial charge in [-0.2, -0.15) is 0 Å². The zero-order valence-corrected chi connectivity index (χ0v) is 27.1. The number of fused-ring (bicyclic) bond motifs is 1. The fourth-order valence-electron chi connectivity index (χ4n) is 5.23. The lowest BCUT2D eigenvalue weighted by atomic mass is 9.85. The number of hydrogen-bond donors (Lipinski definition) is 2. The number of carbonyl (C=O) groups excluding carboxylic acids is 1. The van der Waals surface area contributed by atoms with E-state index in [0.29, 0.717) is 11.6 Å². The third-order valence-corrected chi connectivity index (χ3v) is 7.97. The molecule has 0 radical (unpaired) electrons. The van der Waals surface area contributed by atoms with E-state index in [1.807, 2.05) is 13.1 Å². The minimum Gasteiger partial charge on any atom is -0.372 e. The van der Waals surface area contributed by atoms with Crippen LogP contribution in [0.5, 0.6) is 0 Å². The van der Waals surface area contributed by atoms with Gasteiger partial charge in [0.05, 0.1) is 16.2 Å². The van der Waals surface area contributed by atoms with Gasteiger partial charge in [-0.3, -0.25) is 20.6 Å². The Morgan fingerprint density at radius 3 is 2.32 bits per heavy atom. The maximum Gasteiger partial charge on any atom is 0.204 e. The van der Waals surface area contributed by atoms with Crippen molar-refractivity contribution < 1.29 is 13.6 Å². The number of nitroso groups, excluding NO2 is 1. The van der Waals surface area contributed by atoms with Crippen molar-refractivity contribution in [2.24, 2.45) is 22.8 Å². The van der Waals surface area contributed by atoms with Gasteiger partial charge in [-0.05, 0) is 110 Å². The second-order valence-corrected chi connectivity index (χ2v) is 11.0. The molecule has 11 heteroatoms. The monoisotopic (exact) mass is 645 g/mol. The smallest absolute Gasteiger partial charge is 0.204 e. The molecule has 2 aromatic carbocycles. The number of alkyl halides is 1. The second-order valence-electron chi connectivity index (χ2n) is 10.6. The summed E-state index contributed by atoms with van der Waals surface area (Å²) in [4.78, 5) is 26.5. The Kier molecular flexibility index (Phi) is 14.6. The molecule has 2 aromatic heterocycles. The number of halogens is 4. The zero-order chi connectivity index (χ0) is 33.0. The Labute approximate surface area is 267 Å². The molecular formula is C33H39Cl2F2N5O2. The Morgan fingerprint density at radius 2 is 1.73 bits per heavy atom. The third kappa shape index (κ3) is 9.16. The van der Waals surface area contributed by atoms with Crippen molar-refractivity contribution in [2.45, 2.75) is 65.2 Å². The third-order valence-electron chi connectivity index (χ3n) is 7.68. The number of benzene rings is 2. The first kappa shape index (κ1) is 36.5. The van der Waals surface area contributed by atoms with E-state index in [0.717, 1.165) is 59.0 Å². The van der Waals surface area contributed by atoms with Crippen molar-refractivity contribution in [1.29, 1.82) is 0 Å². The van der Waals surface area contributed by atoms with Crippen molar-refractivity contribution in [1.82, 2.24) is 9.97 Å². The Bertz CT molecular complexity index is 1560. The maximum absolute atomic E-state index is 15.1. The summed E-state index contributed by atoms with van der Waals surface area (Å²) in [7, 11) is 0. The fraction of sp³-hybridized carbons (Fsp3) is 0.364. The summed E-state index contributed by atoms with van der Waals surface area (Å²) in [6.45, 7) is 8.35. The first-order chi connectivity index (χ1) is 21.1. The summed E-state index contributed by atoms with van der Waals surface area (Å²) in [5.74, 6) is 2.98. The molecule has 2 unspecified atom stereocenters. The zero-order valence-electron chi connectivity index (χ0n) is 25.6. The van der Waals surface area contributed by atoms with E-state index in [4.69, 9.17) is 26.3 Å². The van der Waals surface area contributed by atoms with Crippen LogP contribution in [0.1, 0.15) is 72.9 Å². The first-order valence-corrected chi connectivity index (χ1v) is 15.3. The number of aryl methyl sites for hydroxylation is 1. The van der Waals surface area contributed by atoms with Crippen molar-refractivity contribution in [2.75, 3.05) is 6.38 Å². The molecule has 0 spiro atoms. The molecule has 4 N–H and O–H groups in total. The summed E-state index contributed by atoms with van der Waals surface area (Å²) < 4.78 is 29.5. The lowest BCUT2D eigenvalue weighted by Crippen LogP contribution is -2.12. The molecule has 1 amide bonds. The molecule has 1 fully saturated rings. The van der Waals surface area contributed by atoms with Gasteiger partial charge in [0.15, 0.2) is 11.6 Å². The van der Waals surface area contributed by atoms with Gasteiger partial charge in [0, 0.05) is 40.4 Å². The molecule has 0 aliphatic heterocycles. The molecular weight excluding hydrogens is 607 g/mol. The molecule has 4 aromatic rings. The number of nitrogens with zero attached hydrogens (tertiary/aromatic N) is 3. The van der Waals surface area contributed by atoms with Crippen LogP contribution in [0.2, 0.25) is 5.02 Å². The SMILES string of the molecule is CCC(C)c1cc(C(Cc2ccc3ncc(C)cc3c2)C2CC2)nc(-c2ccc(Cl)c(F)c2F)c1C.CCl.NC=O.NN=O. The van der Waals surface area contributed by atoms with Gasteiger partial charge in [0.1, 0.15) is 0 Å². The number of hydrogen-bond acceptors (Lipinski definition) is 5. The van der Waals surface area contributed by atoms with Crippen molar-refractivity contribution in [3.8, 4) is 11.3 Å². The lowest BCUT2D eigenvalue weighted by Gasteiger charge is -2.23. The van der Waals surface area contributed by atoms with E-state index in [1.54, 1.807) is 11.4 Å². The molecule has 7 nitrogen and oxygen atoms in total. The topological polar surface area (TPSA) is 124 Å². The van der Waals surface area contributed by atoms with Gasteiger partial charge in [-0.1, -0.05) is 31.5 Å². The van der Waals surface area contributed by atoms with Gasteiger partial charge in [0.2, 0.25) is 6.41 Å². The van der Waals surface area contributed by atoms with Crippen LogP contribution in [-0.4, -0.2) is 22.8 Å². The average Bonchev–Trinajstić information content (AvgIpc) is 3.86. The van der Waals surface area contributed by atoms with Crippen LogP contribution in [0.4, 0.5) is 8.78 Å². The normalized spacial score (nSPS) is 13.2. The highest BCUT2D eigenvalue weighted by Crippen LogP contribution is 2.46. The molecule has 5 rings (SSSR count). The van der Waals surface area contributed by atoms with Gasteiger partial charge in [-0.25, -0.2) is 8.78 Å². The summed E-state index contributed by atoms with van der Waals surface area (Å²) >= 11 is 10.5. The van der Waals surface area contributed by atoms with E-state index in [2.05, 4.69) is 79.3 Å². The Hall–Kier alpha value is -3.69. The molecule has 2 atom stereocenters. The number of nitrogens with two attached hydrogens (primary N) is 2. The number of amides is 1.